The van der Waals surface area contributed by atoms with Crippen molar-refractivity contribution in [1.29, 1.82) is 0 Å². The maximum absolute atomic E-state index is 13.0. The SMILES string of the molecule is CCCN(CCC)S(=O)(=O)N(CCCc1ccc(OCCOC)cc1Oc1ncc(C(F)(F)F)cc1Cl)C(=O)O. The zero-order chi connectivity index (χ0) is 29.9. The topological polar surface area (TPSA) is 119 Å². The van der Waals surface area contributed by atoms with Gasteiger partial charge in [0.15, 0.2) is 0 Å². The van der Waals surface area contributed by atoms with Gasteiger partial charge in [0, 0.05) is 39.0 Å². The van der Waals surface area contributed by atoms with Gasteiger partial charge in [-0.15, -0.1) is 0 Å². The van der Waals surface area contributed by atoms with Gasteiger partial charge in [0.2, 0.25) is 5.88 Å². The molecule has 15 heteroatoms. The zero-order valence-electron chi connectivity index (χ0n) is 22.4. The lowest BCUT2D eigenvalue weighted by atomic mass is 10.1. The summed E-state index contributed by atoms with van der Waals surface area (Å²) < 4.78 is 82.9. The third kappa shape index (κ3) is 9.39. The second-order valence-electron chi connectivity index (χ2n) is 8.59. The highest BCUT2D eigenvalue weighted by molar-refractivity contribution is 7.87. The number of pyridine rings is 1. The summed E-state index contributed by atoms with van der Waals surface area (Å²) in [6.45, 7) is 4.15. The van der Waals surface area contributed by atoms with Gasteiger partial charge in [0.25, 0.3) is 0 Å². The molecule has 0 saturated carbocycles. The van der Waals surface area contributed by atoms with Gasteiger partial charge < -0.3 is 19.3 Å². The molecule has 2 rings (SSSR count). The molecule has 0 aliphatic rings. The van der Waals surface area contributed by atoms with Gasteiger partial charge in [0.05, 0.1) is 12.2 Å². The van der Waals surface area contributed by atoms with E-state index in [-0.39, 0.29) is 55.7 Å². The summed E-state index contributed by atoms with van der Waals surface area (Å²) in [5.41, 5.74) is -0.546. The van der Waals surface area contributed by atoms with Crippen LogP contribution in [-0.4, -0.2) is 73.2 Å². The Morgan fingerprint density at radius 2 is 1.77 bits per heavy atom. The summed E-state index contributed by atoms with van der Waals surface area (Å²) in [5.74, 6) is 0.227. The summed E-state index contributed by atoms with van der Waals surface area (Å²) >= 11 is 6.01. The molecule has 1 aromatic heterocycles. The highest BCUT2D eigenvalue weighted by Crippen LogP contribution is 2.36. The molecular formula is C25H33ClF3N3O7S. The van der Waals surface area contributed by atoms with Crippen LogP contribution in [0.15, 0.2) is 30.5 Å². The molecule has 10 nitrogen and oxygen atoms in total. The number of aromatic nitrogens is 1. The molecular weight excluding hydrogens is 579 g/mol. The van der Waals surface area contributed by atoms with E-state index in [1.165, 1.54) is 13.2 Å². The minimum absolute atomic E-state index is 0.0893. The third-order valence-corrected chi connectivity index (χ3v) is 7.69. The Labute approximate surface area is 236 Å². The average molecular weight is 612 g/mol. The number of nitrogens with zero attached hydrogens (tertiary/aromatic N) is 3. The van der Waals surface area contributed by atoms with Crippen LogP contribution in [0.4, 0.5) is 18.0 Å². The van der Waals surface area contributed by atoms with Crippen LogP contribution in [0.25, 0.3) is 0 Å². The zero-order valence-corrected chi connectivity index (χ0v) is 24.0. The number of carboxylic acid groups (broad SMARTS) is 1. The molecule has 0 fully saturated rings. The van der Waals surface area contributed by atoms with E-state index < -0.39 is 28.0 Å². The van der Waals surface area contributed by atoms with Crippen LogP contribution in [0.1, 0.15) is 44.2 Å². The van der Waals surface area contributed by atoms with Gasteiger partial charge >= 0.3 is 22.5 Å². The molecule has 0 unspecified atom stereocenters. The van der Waals surface area contributed by atoms with E-state index in [0.717, 1.165) is 4.31 Å². The first-order valence-electron chi connectivity index (χ1n) is 12.5. The van der Waals surface area contributed by atoms with Crippen LogP contribution in [0.2, 0.25) is 5.02 Å². The van der Waals surface area contributed by atoms with Gasteiger partial charge in [-0.05, 0) is 43.4 Å². The Bertz CT molecular complexity index is 1230. The van der Waals surface area contributed by atoms with Crippen molar-refractivity contribution in [3.8, 4) is 17.4 Å². The highest BCUT2D eigenvalue weighted by Gasteiger charge is 2.33. The maximum atomic E-state index is 13.0. The number of hydrogen-bond acceptors (Lipinski definition) is 7. The summed E-state index contributed by atoms with van der Waals surface area (Å²) in [6, 6.07) is 5.41. The fourth-order valence-corrected chi connectivity index (χ4v) is 5.50. The maximum Gasteiger partial charge on any atom is 0.422 e. The van der Waals surface area contributed by atoms with Crippen LogP contribution in [0, 0.1) is 0 Å². The number of ether oxygens (including phenoxy) is 3. The van der Waals surface area contributed by atoms with Gasteiger partial charge in [-0.3, -0.25) is 0 Å². The summed E-state index contributed by atoms with van der Waals surface area (Å²) in [4.78, 5) is 15.6. The number of halogens is 4. The van der Waals surface area contributed by atoms with E-state index in [4.69, 9.17) is 25.8 Å². The lowest BCUT2D eigenvalue weighted by Gasteiger charge is -2.27. The van der Waals surface area contributed by atoms with Crippen molar-refractivity contribution in [3.05, 3.63) is 46.6 Å². The number of aryl methyl sites for hydroxylation is 1. The first kappa shape index (κ1) is 33.4. The molecule has 1 heterocycles. The summed E-state index contributed by atoms with van der Waals surface area (Å²) in [5, 5.41) is 9.28. The molecule has 0 aliphatic heterocycles. The second-order valence-corrected chi connectivity index (χ2v) is 10.8. The minimum atomic E-state index is -4.64. The van der Waals surface area contributed by atoms with Crippen molar-refractivity contribution in [2.75, 3.05) is 40.0 Å². The van der Waals surface area contributed by atoms with Crippen molar-refractivity contribution in [1.82, 2.24) is 13.6 Å². The molecule has 224 valence electrons. The highest BCUT2D eigenvalue weighted by atomic mass is 35.5. The van der Waals surface area contributed by atoms with Crippen molar-refractivity contribution in [2.24, 2.45) is 0 Å². The predicted octanol–water partition coefficient (Wildman–Crippen LogP) is 5.85. The third-order valence-electron chi connectivity index (χ3n) is 5.51. The lowest BCUT2D eigenvalue weighted by molar-refractivity contribution is -0.137. The number of carbonyl (C=O) groups is 1. The van der Waals surface area contributed by atoms with Crippen molar-refractivity contribution >= 4 is 27.9 Å². The Morgan fingerprint density at radius 3 is 2.33 bits per heavy atom. The Kier molecular flexibility index (Phi) is 12.7. The number of rotatable bonds is 16. The molecule has 0 bridgehead atoms. The Balaban J connectivity index is 2.30. The smallest absolute Gasteiger partial charge is 0.422 e. The molecule has 0 radical (unpaired) electrons. The van der Waals surface area contributed by atoms with Crippen LogP contribution < -0.4 is 9.47 Å². The van der Waals surface area contributed by atoms with Crippen molar-refractivity contribution in [2.45, 2.75) is 45.7 Å². The largest absolute Gasteiger partial charge is 0.491 e. The van der Waals surface area contributed by atoms with Crippen molar-refractivity contribution < 1.29 is 45.7 Å². The van der Waals surface area contributed by atoms with Crippen molar-refractivity contribution in [3.63, 3.8) is 0 Å². The average Bonchev–Trinajstić information content (AvgIpc) is 2.87. The molecule has 1 N–H and O–H groups in total. The van der Waals surface area contributed by atoms with E-state index in [2.05, 4.69) is 4.98 Å². The van der Waals surface area contributed by atoms with E-state index in [9.17, 15) is 31.5 Å². The monoisotopic (exact) mass is 611 g/mol. The lowest BCUT2D eigenvalue weighted by Crippen LogP contribution is -2.47. The molecule has 2 aromatic rings. The van der Waals surface area contributed by atoms with Gasteiger partial charge in [-0.2, -0.15) is 30.2 Å². The number of hydrogen-bond donors (Lipinski definition) is 1. The van der Waals surface area contributed by atoms with E-state index in [0.29, 0.717) is 47.3 Å². The fourth-order valence-electron chi connectivity index (χ4n) is 3.63. The van der Waals surface area contributed by atoms with E-state index >= 15 is 0 Å². The number of methoxy groups -OCH3 is 1. The Hall–Kier alpha value is -2.81. The first-order valence-corrected chi connectivity index (χ1v) is 14.3. The number of benzene rings is 1. The van der Waals surface area contributed by atoms with Crippen LogP contribution in [-0.2, 0) is 27.5 Å². The molecule has 0 saturated heterocycles. The molecule has 0 aliphatic carbocycles. The summed E-state index contributed by atoms with van der Waals surface area (Å²) in [6.07, 6.45) is -4.36. The van der Waals surface area contributed by atoms with Gasteiger partial charge in [0.1, 0.15) is 23.1 Å². The fraction of sp³-hybridized carbons (Fsp3) is 0.520. The molecule has 40 heavy (non-hydrogen) atoms. The second kappa shape index (κ2) is 15.3. The van der Waals surface area contributed by atoms with Crippen LogP contribution in [0.3, 0.4) is 0 Å². The van der Waals surface area contributed by atoms with Gasteiger partial charge in [-0.1, -0.05) is 31.5 Å². The quantitative estimate of drug-likeness (QED) is 0.235. The predicted molar refractivity (Wildman–Crippen MR) is 142 cm³/mol. The molecule has 1 amide bonds. The van der Waals surface area contributed by atoms with Crippen LogP contribution >= 0.6 is 11.6 Å². The minimum Gasteiger partial charge on any atom is -0.491 e. The van der Waals surface area contributed by atoms with E-state index in [1.54, 1.807) is 26.0 Å². The first-order chi connectivity index (χ1) is 18.8. The number of amides is 1. The van der Waals surface area contributed by atoms with Gasteiger partial charge in [-0.25, -0.2) is 9.78 Å². The standard InChI is InChI=1S/C25H33ClF3N3O7S/c1-4-10-31(11-5-2)40(35,36)32(24(33)34)12-6-7-18-8-9-20(38-14-13-37-3)16-22(18)39-23-21(26)15-19(17-30-23)25(27,28)29/h8-9,15-17H,4-7,10-14H2,1-3H3,(H,33,34). The van der Waals surface area contributed by atoms with Crippen LogP contribution in [0.5, 0.6) is 17.4 Å². The molecule has 0 spiro atoms. The molecule has 1 aromatic carbocycles. The molecule has 0 atom stereocenters. The Morgan fingerprint density at radius 1 is 1.10 bits per heavy atom. The summed E-state index contributed by atoms with van der Waals surface area (Å²) in [7, 11) is -2.75. The van der Waals surface area contributed by atoms with E-state index in [1.807, 2.05) is 0 Å². The number of alkyl halides is 3. The normalized spacial score (nSPS) is 12.0.